The summed E-state index contributed by atoms with van der Waals surface area (Å²) in [5.41, 5.74) is 3.08. The predicted octanol–water partition coefficient (Wildman–Crippen LogP) is 5.86. The molecule has 0 bridgehead atoms. The van der Waals surface area contributed by atoms with Gasteiger partial charge in [-0.1, -0.05) is 48.0 Å². The van der Waals surface area contributed by atoms with E-state index in [4.69, 9.17) is 16.3 Å². The Labute approximate surface area is 178 Å². The van der Waals surface area contributed by atoms with Gasteiger partial charge in [-0.25, -0.2) is 4.39 Å². The van der Waals surface area contributed by atoms with Crippen LogP contribution in [-0.4, -0.2) is 11.6 Å². The monoisotopic (exact) mass is 420 g/mol. The van der Waals surface area contributed by atoms with Crippen LogP contribution in [0.4, 0.5) is 10.1 Å². The van der Waals surface area contributed by atoms with Crippen molar-refractivity contribution in [3.8, 4) is 5.75 Å². The van der Waals surface area contributed by atoms with Crippen molar-refractivity contribution in [1.29, 1.82) is 0 Å². The second-order valence-corrected chi connectivity index (χ2v) is 7.23. The molecule has 6 heteroatoms. The first-order valence-corrected chi connectivity index (χ1v) is 9.72. The van der Waals surface area contributed by atoms with Crippen LogP contribution >= 0.6 is 11.6 Å². The Morgan fingerprint density at radius 1 is 1.07 bits per heavy atom. The summed E-state index contributed by atoms with van der Waals surface area (Å²) in [7, 11) is 0. The quantitative estimate of drug-likeness (QED) is 0.485. The van der Waals surface area contributed by atoms with Crippen LogP contribution in [-0.2, 0) is 11.4 Å². The summed E-state index contributed by atoms with van der Waals surface area (Å²) in [6, 6.07) is 20.8. The van der Waals surface area contributed by atoms with E-state index < -0.39 is 0 Å². The summed E-state index contributed by atoms with van der Waals surface area (Å²) in [5, 5.41) is 6.25. The van der Waals surface area contributed by atoms with Gasteiger partial charge in [0.1, 0.15) is 18.2 Å². The number of hydrogen-bond acceptors (Lipinski definition) is 3. The van der Waals surface area contributed by atoms with Crippen LogP contribution < -0.4 is 9.75 Å². The van der Waals surface area contributed by atoms with E-state index in [9.17, 15) is 9.18 Å². The van der Waals surface area contributed by atoms with E-state index in [0.29, 0.717) is 33.3 Å². The van der Waals surface area contributed by atoms with Crippen molar-refractivity contribution in [1.82, 2.24) is 0 Å². The van der Waals surface area contributed by atoms with Gasteiger partial charge in [-0.05, 0) is 55.0 Å². The van der Waals surface area contributed by atoms with Gasteiger partial charge in [0, 0.05) is 10.6 Å². The van der Waals surface area contributed by atoms with Crippen LogP contribution in [0.15, 0.2) is 83.5 Å². The van der Waals surface area contributed by atoms with E-state index >= 15 is 0 Å². The van der Waals surface area contributed by atoms with E-state index in [0.717, 1.165) is 5.56 Å². The maximum atomic E-state index is 13.7. The second kappa shape index (κ2) is 8.51. The van der Waals surface area contributed by atoms with Crippen molar-refractivity contribution in [2.24, 2.45) is 5.10 Å². The third kappa shape index (κ3) is 4.26. The maximum absolute atomic E-state index is 13.7. The molecule has 150 valence electrons. The van der Waals surface area contributed by atoms with Gasteiger partial charge >= 0.3 is 0 Å². The van der Waals surface area contributed by atoms with Crippen LogP contribution in [0.2, 0.25) is 5.02 Å². The molecule has 1 amide bonds. The first kappa shape index (κ1) is 19.9. The molecule has 1 aliphatic rings. The number of rotatable bonds is 5. The molecule has 0 aliphatic carbocycles. The molecule has 0 N–H and O–H groups in total. The van der Waals surface area contributed by atoms with E-state index in [-0.39, 0.29) is 18.3 Å². The van der Waals surface area contributed by atoms with E-state index in [2.05, 4.69) is 5.10 Å². The number of anilines is 1. The van der Waals surface area contributed by atoms with E-state index in [1.165, 1.54) is 11.1 Å². The highest BCUT2D eigenvalue weighted by Gasteiger charge is 2.28. The Morgan fingerprint density at radius 2 is 1.83 bits per heavy atom. The van der Waals surface area contributed by atoms with Crippen LogP contribution in [0, 0.1) is 5.82 Å². The number of halogens is 2. The number of nitrogens with zero attached hydrogens (tertiary/aromatic N) is 2. The number of benzene rings is 3. The lowest BCUT2D eigenvalue weighted by Crippen LogP contribution is -2.21. The van der Waals surface area contributed by atoms with Gasteiger partial charge in [0.15, 0.2) is 0 Å². The summed E-state index contributed by atoms with van der Waals surface area (Å²) in [5.74, 6) is 0.108. The molecular weight excluding hydrogens is 403 g/mol. The SMILES string of the molecule is CC1=NN(c2cccc(Cl)c2)C(=O)/C1=C/c1ccc(OCc2ccccc2F)cc1. The Kier molecular flexibility index (Phi) is 5.63. The topological polar surface area (TPSA) is 41.9 Å². The van der Waals surface area contributed by atoms with Gasteiger partial charge in [-0.15, -0.1) is 0 Å². The first-order valence-electron chi connectivity index (χ1n) is 9.35. The fourth-order valence-electron chi connectivity index (χ4n) is 3.07. The number of amides is 1. The van der Waals surface area contributed by atoms with Crippen molar-refractivity contribution in [2.75, 3.05) is 5.01 Å². The molecular formula is C24H18ClFN2O2. The van der Waals surface area contributed by atoms with Gasteiger partial charge in [0.05, 0.1) is 17.0 Å². The third-order valence-electron chi connectivity index (χ3n) is 4.66. The zero-order valence-electron chi connectivity index (χ0n) is 16.2. The molecule has 4 nitrogen and oxygen atoms in total. The Balaban J connectivity index is 1.47. The molecule has 0 aromatic heterocycles. The normalized spacial score (nSPS) is 14.9. The molecule has 0 atom stereocenters. The molecule has 0 saturated heterocycles. The average molecular weight is 421 g/mol. The summed E-state index contributed by atoms with van der Waals surface area (Å²) in [6.07, 6.45) is 1.78. The Bertz CT molecular complexity index is 1160. The lowest BCUT2D eigenvalue weighted by atomic mass is 10.1. The van der Waals surface area contributed by atoms with Crippen molar-refractivity contribution >= 4 is 35.0 Å². The van der Waals surface area contributed by atoms with Gasteiger partial charge in [-0.2, -0.15) is 10.1 Å². The molecule has 1 heterocycles. The van der Waals surface area contributed by atoms with Crippen LogP contribution in [0.25, 0.3) is 6.08 Å². The van der Waals surface area contributed by atoms with Gasteiger partial charge in [0.25, 0.3) is 5.91 Å². The highest BCUT2D eigenvalue weighted by Crippen LogP contribution is 2.27. The Morgan fingerprint density at radius 3 is 2.57 bits per heavy atom. The van der Waals surface area contributed by atoms with Crippen LogP contribution in [0.5, 0.6) is 5.75 Å². The molecule has 3 aromatic rings. The summed E-state index contributed by atoms with van der Waals surface area (Å²) in [6.45, 7) is 1.94. The van der Waals surface area contributed by atoms with Crippen LogP contribution in [0.1, 0.15) is 18.1 Å². The number of hydrazone groups is 1. The lowest BCUT2D eigenvalue weighted by Gasteiger charge is -2.11. The molecule has 0 saturated carbocycles. The highest BCUT2D eigenvalue weighted by molar-refractivity contribution is 6.33. The number of carbonyl (C=O) groups is 1. The number of hydrogen-bond donors (Lipinski definition) is 0. The van der Waals surface area contributed by atoms with Crippen molar-refractivity contribution in [3.05, 3.63) is 100 Å². The molecule has 0 unspecified atom stereocenters. The minimum absolute atomic E-state index is 0.145. The zero-order valence-corrected chi connectivity index (χ0v) is 16.9. The molecule has 0 spiro atoms. The van der Waals surface area contributed by atoms with Crippen molar-refractivity contribution in [2.45, 2.75) is 13.5 Å². The lowest BCUT2D eigenvalue weighted by molar-refractivity contribution is -0.114. The van der Waals surface area contributed by atoms with Gasteiger partial charge < -0.3 is 4.74 Å². The molecule has 0 fully saturated rings. The number of carbonyl (C=O) groups excluding carboxylic acids is 1. The largest absolute Gasteiger partial charge is 0.489 e. The maximum Gasteiger partial charge on any atom is 0.280 e. The standard InChI is InChI=1S/C24H18ClFN2O2/c1-16-22(24(29)28(27-16)20-7-4-6-19(25)14-20)13-17-9-11-21(12-10-17)30-15-18-5-2-3-8-23(18)26/h2-14H,15H2,1H3/b22-13+. The second-order valence-electron chi connectivity index (χ2n) is 6.79. The average Bonchev–Trinajstić information content (AvgIpc) is 3.02. The van der Waals surface area contributed by atoms with Gasteiger partial charge in [0.2, 0.25) is 0 Å². The third-order valence-corrected chi connectivity index (χ3v) is 4.89. The Hall–Kier alpha value is -3.44. The fraction of sp³-hybridized carbons (Fsp3) is 0.0833. The minimum Gasteiger partial charge on any atom is -0.489 e. The van der Waals surface area contributed by atoms with Gasteiger partial charge in [-0.3, -0.25) is 4.79 Å². The fourth-order valence-corrected chi connectivity index (χ4v) is 3.26. The van der Waals surface area contributed by atoms with E-state index in [1.54, 1.807) is 67.6 Å². The summed E-state index contributed by atoms with van der Waals surface area (Å²) in [4.78, 5) is 12.8. The molecule has 1 aliphatic heterocycles. The van der Waals surface area contributed by atoms with E-state index in [1.807, 2.05) is 12.1 Å². The first-order chi connectivity index (χ1) is 14.5. The highest BCUT2D eigenvalue weighted by atomic mass is 35.5. The summed E-state index contributed by atoms with van der Waals surface area (Å²) < 4.78 is 19.3. The van der Waals surface area contributed by atoms with Crippen LogP contribution in [0.3, 0.4) is 0 Å². The molecule has 4 rings (SSSR count). The smallest absolute Gasteiger partial charge is 0.280 e. The molecule has 3 aromatic carbocycles. The molecule has 30 heavy (non-hydrogen) atoms. The number of ether oxygens (including phenoxy) is 1. The summed E-state index contributed by atoms with van der Waals surface area (Å²) >= 11 is 6.03. The van der Waals surface area contributed by atoms with Crippen molar-refractivity contribution in [3.63, 3.8) is 0 Å². The molecule has 0 radical (unpaired) electrons. The van der Waals surface area contributed by atoms with Crippen molar-refractivity contribution < 1.29 is 13.9 Å². The minimum atomic E-state index is -0.294. The predicted molar refractivity (Wildman–Crippen MR) is 117 cm³/mol. The zero-order chi connectivity index (χ0) is 21.1.